The molecule has 0 N–H and O–H groups in total. The van der Waals surface area contributed by atoms with Crippen LogP contribution in [0, 0.1) is 6.92 Å². The Morgan fingerprint density at radius 3 is 2.52 bits per heavy atom. The van der Waals surface area contributed by atoms with E-state index in [-0.39, 0.29) is 0 Å². The average molecular weight is 363 g/mol. The van der Waals surface area contributed by atoms with E-state index >= 15 is 0 Å². The van der Waals surface area contributed by atoms with E-state index in [1.54, 1.807) is 27.8 Å². The largest absolute Gasteiger partial charge is 0.373 e. The highest BCUT2D eigenvalue weighted by Crippen LogP contribution is 2.37. The van der Waals surface area contributed by atoms with E-state index in [9.17, 15) is 0 Å². The van der Waals surface area contributed by atoms with Gasteiger partial charge in [-0.15, -0.1) is 0 Å². The van der Waals surface area contributed by atoms with Gasteiger partial charge >= 0.3 is 0 Å². The van der Waals surface area contributed by atoms with E-state index in [2.05, 4.69) is 58.9 Å². The van der Waals surface area contributed by atoms with E-state index in [1.165, 1.54) is 36.0 Å². The predicted octanol–water partition coefficient (Wildman–Crippen LogP) is 6.41. The highest BCUT2D eigenvalue weighted by atomic mass is 16.5. The molecule has 1 heteroatoms. The fourth-order valence-corrected chi connectivity index (χ4v) is 5.50. The van der Waals surface area contributed by atoms with Crippen molar-refractivity contribution < 1.29 is 4.74 Å². The van der Waals surface area contributed by atoms with Gasteiger partial charge < -0.3 is 4.74 Å². The molecule has 1 aliphatic heterocycles. The van der Waals surface area contributed by atoms with Crippen molar-refractivity contribution in [1.82, 2.24) is 0 Å². The molecule has 0 saturated heterocycles. The third-order valence-corrected chi connectivity index (χ3v) is 6.61. The highest BCUT2D eigenvalue weighted by Gasteiger charge is 2.26. The minimum atomic E-state index is 0.311. The summed E-state index contributed by atoms with van der Waals surface area (Å²) in [7, 11) is 0. The molecule has 0 bridgehead atoms. The van der Waals surface area contributed by atoms with Crippen LogP contribution in [-0.4, -0.2) is 6.10 Å². The van der Waals surface area contributed by atoms with Gasteiger partial charge in [-0.3, -0.25) is 0 Å². The zero-order valence-corrected chi connectivity index (χ0v) is 17.7. The third kappa shape index (κ3) is 3.47. The average Bonchev–Trinajstić information content (AvgIpc) is 3.10. The molecule has 0 amide bonds. The lowest BCUT2D eigenvalue weighted by Crippen LogP contribution is -2.26. The first-order chi connectivity index (χ1) is 13.0. The van der Waals surface area contributed by atoms with Crippen molar-refractivity contribution in [3.8, 4) is 0 Å². The number of aryl methyl sites for hydroxylation is 1. The summed E-state index contributed by atoms with van der Waals surface area (Å²) in [5, 5.41) is 0. The molecule has 144 valence electrons. The maximum atomic E-state index is 6.32. The van der Waals surface area contributed by atoms with Gasteiger partial charge in [0.25, 0.3) is 0 Å². The maximum absolute atomic E-state index is 6.32. The molecule has 1 atom stereocenters. The molecule has 1 nitrogen and oxygen atoms in total. The van der Waals surface area contributed by atoms with Crippen molar-refractivity contribution in [1.29, 1.82) is 0 Å². The lowest BCUT2D eigenvalue weighted by Gasteiger charge is -2.29. The second-order valence-electron chi connectivity index (χ2n) is 9.21. The quantitative estimate of drug-likeness (QED) is 0.610. The minimum Gasteiger partial charge on any atom is -0.373 e. The first-order valence-electron chi connectivity index (χ1n) is 10.8. The normalized spacial score (nSPS) is 18.9. The van der Waals surface area contributed by atoms with Crippen molar-refractivity contribution in [2.45, 2.75) is 91.3 Å². The van der Waals surface area contributed by atoms with Gasteiger partial charge in [0.15, 0.2) is 0 Å². The molecule has 0 aromatic heterocycles. The topological polar surface area (TPSA) is 9.23 Å². The second kappa shape index (κ2) is 7.43. The monoisotopic (exact) mass is 362 g/mol. The van der Waals surface area contributed by atoms with Gasteiger partial charge in [-0.25, -0.2) is 0 Å². The van der Waals surface area contributed by atoms with Crippen molar-refractivity contribution in [2.75, 3.05) is 0 Å². The summed E-state index contributed by atoms with van der Waals surface area (Å²) in [5.74, 6) is 1.20. The second-order valence-corrected chi connectivity index (χ2v) is 9.21. The summed E-state index contributed by atoms with van der Waals surface area (Å²) >= 11 is 0. The predicted molar refractivity (Wildman–Crippen MR) is 114 cm³/mol. The Morgan fingerprint density at radius 2 is 1.78 bits per heavy atom. The maximum Gasteiger partial charge on any atom is 0.0723 e. The van der Waals surface area contributed by atoms with Gasteiger partial charge in [0.05, 0.1) is 12.7 Å². The summed E-state index contributed by atoms with van der Waals surface area (Å²) in [6.45, 7) is 12.4. The van der Waals surface area contributed by atoms with E-state index in [0.717, 1.165) is 19.4 Å². The van der Waals surface area contributed by atoms with Gasteiger partial charge in [0.1, 0.15) is 0 Å². The summed E-state index contributed by atoms with van der Waals surface area (Å²) in [4.78, 5) is 0. The third-order valence-electron chi connectivity index (χ3n) is 6.61. The zero-order valence-electron chi connectivity index (χ0n) is 17.7. The molecule has 0 radical (unpaired) electrons. The van der Waals surface area contributed by atoms with Crippen molar-refractivity contribution in [3.63, 3.8) is 0 Å². The molecule has 2 aromatic carbocycles. The number of ether oxygens (including phenoxy) is 1. The SMILES string of the molecule is Cc1cc(CC2Cc3c(cccc3C(C)C)CO2)c2c(c1C(C)C)CCC2. The zero-order chi connectivity index (χ0) is 19.1. The number of hydrogen-bond acceptors (Lipinski definition) is 1. The molecular weight excluding hydrogens is 328 g/mol. The molecule has 0 saturated carbocycles. The molecule has 1 aliphatic carbocycles. The summed E-state index contributed by atoms with van der Waals surface area (Å²) in [5.41, 5.74) is 12.4. The van der Waals surface area contributed by atoms with Crippen LogP contribution in [0.1, 0.15) is 90.5 Å². The minimum absolute atomic E-state index is 0.311. The number of benzene rings is 2. The fourth-order valence-electron chi connectivity index (χ4n) is 5.50. The Bertz CT molecular complexity index is 844. The Kier molecular flexibility index (Phi) is 5.16. The molecule has 0 spiro atoms. The molecule has 4 rings (SSSR count). The molecular formula is C26H34O. The van der Waals surface area contributed by atoms with Gasteiger partial charge in [0, 0.05) is 0 Å². The Morgan fingerprint density at radius 1 is 1.00 bits per heavy atom. The summed E-state index contributed by atoms with van der Waals surface area (Å²) < 4.78 is 6.32. The van der Waals surface area contributed by atoms with E-state index in [0.29, 0.717) is 17.9 Å². The molecule has 1 unspecified atom stereocenters. The molecule has 2 aromatic rings. The standard InChI is InChI=1S/C26H34O/c1-16(2)22-9-6-8-19-15-27-21(14-25(19)22)13-20-12-18(5)26(17(3)4)24-11-7-10-23(20)24/h6,8-9,12,16-17,21H,7,10-11,13-15H2,1-5H3. The summed E-state index contributed by atoms with van der Waals surface area (Å²) in [6.07, 6.45) is 6.27. The van der Waals surface area contributed by atoms with Crippen LogP contribution in [0.5, 0.6) is 0 Å². The lowest BCUT2D eigenvalue weighted by molar-refractivity contribution is 0.0285. The first kappa shape index (κ1) is 18.7. The molecule has 1 heterocycles. The molecule has 2 aliphatic rings. The van der Waals surface area contributed by atoms with Crippen LogP contribution in [0.15, 0.2) is 24.3 Å². The van der Waals surface area contributed by atoms with Gasteiger partial charge in [0.2, 0.25) is 0 Å². The van der Waals surface area contributed by atoms with Crippen molar-refractivity contribution >= 4 is 0 Å². The Labute approximate surface area is 165 Å². The summed E-state index contributed by atoms with van der Waals surface area (Å²) in [6, 6.07) is 9.23. The van der Waals surface area contributed by atoms with Gasteiger partial charge in [-0.2, -0.15) is 0 Å². The van der Waals surface area contributed by atoms with E-state index in [4.69, 9.17) is 4.74 Å². The van der Waals surface area contributed by atoms with Crippen LogP contribution in [0.2, 0.25) is 0 Å². The molecule has 27 heavy (non-hydrogen) atoms. The van der Waals surface area contributed by atoms with E-state index < -0.39 is 0 Å². The fraction of sp³-hybridized carbons (Fsp3) is 0.538. The smallest absolute Gasteiger partial charge is 0.0723 e. The highest BCUT2D eigenvalue weighted by molar-refractivity contribution is 5.50. The first-order valence-corrected chi connectivity index (χ1v) is 10.8. The number of rotatable bonds is 4. The van der Waals surface area contributed by atoms with Crippen LogP contribution in [0.3, 0.4) is 0 Å². The van der Waals surface area contributed by atoms with Crippen molar-refractivity contribution in [3.05, 3.63) is 68.8 Å². The van der Waals surface area contributed by atoms with Crippen molar-refractivity contribution in [2.24, 2.45) is 0 Å². The Hall–Kier alpha value is -1.60. The van der Waals surface area contributed by atoms with E-state index in [1.807, 2.05) is 0 Å². The van der Waals surface area contributed by atoms with Gasteiger partial charge in [-0.05, 0) is 95.4 Å². The van der Waals surface area contributed by atoms with Crippen LogP contribution >= 0.6 is 0 Å². The van der Waals surface area contributed by atoms with Crippen LogP contribution in [0.4, 0.5) is 0 Å². The molecule has 0 fully saturated rings. The van der Waals surface area contributed by atoms with Gasteiger partial charge in [-0.1, -0.05) is 52.0 Å². The lowest BCUT2D eigenvalue weighted by atomic mass is 9.84. The number of hydrogen-bond donors (Lipinski definition) is 0. The van der Waals surface area contributed by atoms with Crippen LogP contribution in [-0.2, 0) is 37.0 Å². The Balaban J connectivity index is 1.63. The van der Waals surface area contributed by atoms with Crippen LogP contribution < -0.4 is 0 Å². The van der Waals surface area contributed by atoms with Crippen LogP contribution in [0.25, 0.3) is 0 Å². The number of fused-ring (bicyclic) bond motifs is 2.